The van der Waals surface area contributed by atoms with Gasteiger partial charge < -0.3 is 11.1 Å². The molecule has 1 aliphatic rings. The van der Waals surface area contributed by atoms with Crippen molar-refractivity contribution in [2.24, 2.45) is 0 Å². The number of hydrogen-bond acceptors (Lipinski definition) is 4. The van der Waals surface area contributed by atoms with E-state index in [0.717, 1.165) is 11.0 Å². The minimum absolute atomic E-state index is 0.0268. The van der Waals surface area contributed by atoms with E-state index in [4.69, 9.17) is 17.3 Å². The van der Waals surface area contributed by atoms with Crippen LogP contribution in [0.15, 0.2) is 12.1 Å². The summed E-state index contributed by atoms with van der Waals surface area (Å²) < 4.78 is 13.3. The van der Waals surface area contributed by atoms with Gasteiger partial charge in [-0.05, 0) is 6.07 Å². The Hall–Kier alpha value is -1.82. The molecule has 2 amide bonds. The fourth-order valence-electron chi connectivity index (χ4n) is 1.74. The van der Waals surface area contributed by atoms with Crippen LogP contribution in [0.5, 0.6) is 0 Å². The zero-order valence-corrected chi connectivity index (χ0v) is 10.3. The van der Waals surface area contributed by atoms with E-state index < -0.39 is 11.9 Å². The van der Waals surface area contributed by atoms with E-state index in [1.54, 1.807) is 0 Å². The highest BCUT2D eigenvalue weighted by Crippen LogP contribution is 2.28. The number of rotatable bonds is 2. The standard InChI is InChI=1S/C11H11ClFN3O2/c1-16-10(17)4-9(11(16)18)15-8-3-6(13)5(12)2-7(8)14/h2-3,9,15H,4,14H2,1H3. The summed E-state index contributed by atoms with van der Waals surface area (Å²) in [6.07, 6.45) is 0.0268. The molecule has 0 saturated carbocycles. The van der Waals surface area contributed by atoms with E-state index in [0.29, 0.717) is 0 Å². The van der Waals surface area contributed by atoms with Gasteiger partial charge in [-0.1, -0.05) is 11.6 Å². The van der Waals surface area contributed by atoms with Gasteiger partial charge in [-0.15, -0.1) is 0 Å². The Bertz CT molecular complexity index is 535. The van der Waals surface area contributed by atoms with Gasteiger partial charge in [0.25, 0.3) is 5.91 Å². The monoisotopic (exact) mass is 271 g/mol. The number of benzene rings is 1. The smallest absolute Gasteiger partial charge is 0.251 e. The molecular weight excluding hydrogens is 261 g/mol. The average Bonchev–Trinajstić information content (AvgIpc) is 2.54. The van der Waals surface area contributed by atoms with Gasteiger partial charge in [-0.3, -0.25) is 14.5 Å². The van der Waals surface area contributed by atoms with Gasteiger partial charge in [-0.2, -0.15) is 0 Å². The lowest BCUT2D eigenvalue weighted by Crippen LogP contribution is -2.32. The number of likely N-dealkylation sites (tertiary alicyclic amines) is 1. The Labute approximate surface area is 108 Å². The normalized spacial score (nSPS) is 19.5. The van der Waals surface area contributed by atoms with E-state index in [1.807, 2.05) is 0 Å². The fraction of sp³-hybridized carbons (Fsp3) is 0.273. The van der Waals surface area contributed by atoms with Gasteiger partial charge in [0.2, 0.25) is 5.91 Å². The molecule has 2 rings (SSSR count). The van der Waals surface area contributed by atoms with E-state index in [9.17, 15) is 14.0 Å². The van der Waals surface area contributed by atoms with E-state index in [-0.39, 0.29) is 34.6 Å². The largest absolute Gasteiger partial charge is 0.397 e. The highest BCUT2D eigenvalue weighted by atomic mass is 35.5. The molecule has 0 aromatic heterocycles. The van der Waals surface area contributed by atoms with Crippen molar-refractivity contribution in [1.82, 2.24) is 4.90 Å². The predicted octanol–water partition coefficient (Wildman–Crippen LogP) is 1.23. The minimum atomic E-state index is -0.717. The third-order valence-corrected chi connectivity index (χ3v) is 3.09. The second-order valence-electron chi connectivity index (χ2n) is 4.05. The van der Waals surface area contributed by atoms with Gasteiger partial charge in [-0.25, -0.2) is 4.39 Å². The van der Waals surface area contributed by atoms with Crippen molar-refractivity contribution in [3.05, 3.63) is 23.0 Å². The summed E-state index contributed by atoms with van der Waals surface area (Å²) in [6.45, 7) is 0. The molecule has 1 heterocycles. The van der Waals surface area contributed by atoms with Crippen molar-refractivity contribution in [3.63, 3.8) is 0 Å². The molecular formula is C11H11ClFN3O2. The molecule has 1 atom stereocenters. The van der Waals surface area contributed by atoms with Gasteiger partial charge in [0, 0.05) is 13.1 Å². The summed E-state index contributed by atoms with van der Waals surface area (Å²) in [5.41, 5.74) is 6.13. The highest BCUT2D eigenvalue weighted by Gasteiger charge is 2.36. The van der Waals surface area contributed by atoms with Crippen molar-refractivity contribution >= 4 is 34.8 Å². The van der Waals surface area contributed by atoms with Crippen LogP contribution in [0.3, 0.4) is 0 Å². The number of hydrogen-bond donors (Lipinski definition) is 2. The first-order valence-electron chi connectivity index (χ1n) is 5.21. The summed E-state index contributed by atoms with van der Waals surface area (Å²) in [7, 11) is 1.40. The summed E-state index contributed by atoms with van der Waals surface area (Å²) in [5.74, 6) is -1.29. The number of amides is 2. The Morgan fingerprint density at radius 2 is 2.17 bits per heavy atom. The first kappa shape index (κ1) is 12.6. The van der Waals surface area contributed by atoms with Crippen LogP contribution in [-0.2, 0) is 9.59 Å². The molecule has 1 aliphatic heterocycles. The molecule has 3 N–H and O–H groups in total. The van der Waals surface area contributed by atoms with E-state index in [2.05, 4.69) is 5.32 Å². The number of anilines is 2. The molecule has 7 heteroatoms. The number of nitrogens with two attached hydrogens (primary N) is 1. The first-order valence-corrected chi connectivity index (χ1v) is 5.59. The second-order valence-corrected chi connectivity index (χ2v) is 4.45. The van der Waals surface area contributed by atoms with Crippen LogP contribution < -0.4 is 11.1 Å². The number of nitrogen functional groups attached to an aromatic ring is 1. The third-order valence-electron chi connectivity index (χ3n) is 2.80. The van der Waals surface area contributed by atoms with Crippen LogP contribution in [0.2, 0.25) is 5.02 Å². The van der Waals surface area contributed by atoms with Crippen molar-refractivity contribution < 1.29 is 14.0 Å². The van der Waals surface area contributed by atoms with Crippen molar-refractivity contribution in [2.75, 3.05) is 18.1 Å². The Morgan fingerprint density at radius 1 is 1.50 bits per heavy atom. The molecule has 18 heavy (non-hydrogen) atoms. The summed E-state index contributed by atoms with van der Waals surface area (Å²) in [6, 6.07) is 1.64. The van der Waals surface area contributed by atoms with Gasteiger partial charge in [0.15, 0.2) is 0 Å². The molecule has 96 valence electrons. The number of likely N-dealkylation sites (N-methyl/N-ethyl adjacent to an activating group) is 1. The van der Waals surface area contributed by atoms with Crippen LogP contribution in [0.4, 0.5) is 15.8 Å². The lowest BCUT2D eigenvalue weighted by molar-refractivity contribution is -0.136. The maximum Gasteiger partial charge on any atom is 0.251 e. The molecule has 1 fully saturated rings. The molecule has 1 saturated heterocycles. The van der Waals surface area contributed by atoms with E-state index >= 15 is 0 Å². The molecule has 0 aliphatic carbocycles. The number of imide groups is 1. The Kier molecular flexibility index (Phi) is 3.13. The Morgan fingerprint density at radius 3 is 2.72 bits per heavy atom. The van der Waals surface area contributed by atoms with Crippen LogP contribution in [0.1, 0.15) is 6.42 Å². The number of carbonyl (C=O) groups excluding carboxylic acids is 2. The van der Waals surface area contributed by atoms with Gasteiger partial charge in [0.05, 0.1) is 22.8 Å². The number of nitrogens with zero attached hydrogens (tertiary/aromatic N) is 1. The maximum absolute atomic E-state index is 13.3. The zero-order valence-electron chi connectivity index (χ0n) is 9.54. The minimum Gasteiger partial charge on any atom is -0.397 e. The summed E-state index contributed by atoms with van der Waals surface area (Å²) >= 11 is 5.57. The van der Waals surface area contributed by atoms with Crippen LogP contribution in [-0.4, -0.2) is 29.8 Å². The van der Waals surface area contributed by atoms with Crippen molar-refractivity contribution in [3.8, 4) is 0 Å². The maximum atomic E-state index is 13.3. The van der Waals surface area contributed by atoms with Crippen molar-refractivity contribution in [1.29, 1.82) is 0 Å². The lowest BCUT2D eigenvalue weighted by atomic mass is 10.2. The molecule has 0 bridgehead atoms. The molecule has 1 aromatic carbocycles. The predicted molar refractivity (Wildman–Crippen MR) is 65.6 cm³/mol. The fourth-order valence-corrected chi connectivity index (χ4v) is 1.92. The van der Waals surface area contributed by atoms with Gasteiger partial charge >= 0.3 is 0 Å². The topological polar surface area (TPSA) is 75.4 Å². The number of nitrogens with one attached hydrogen (secondary N) is 1. The summed E-state index contributed by atoms with van der Waals surface area (Å²) in [5, 5.41) is 2.66. The average molecular weight is 272 g/mol. The third kappa shape index (κ3) is 2.11. The van der Waals surface area contributed by atoms with Gasteiger partial charge in [0.1, 0.15) is 11.9 Å². The quantitative estimate of drug-likeness (QED) is 0.627. The second kappa shape index (κ2) is 4.45. The van der Waals surface area contributed by atoms with Crippen LogP contribution in [0, 0.1) is 5.82 Å². The lowest BCUT2D eigenvalue weighted by Gasteiger charge is -2.14. The number of carbonyl (C=O) groups is 2. The zero-order chi connectivity index (χ0) is 13.4. The van der Waals surface area contributed by atoms with Crippen LogP contribution >= 0.6 is 11.6 Å². The van der Waals surface area contributed by atoms with Crippen molar-refractivity contribution in [2.45, 2.75) is 12.5 Å². The molecule has 0 spiro atoms. The molecule has 0 radical (unpaired) electrons. The summed E-state index contributed by atoms with van der Waals surface area (Å²) in [4.78, 5) is 24.0. The SMILES string of the molecule is CN1C(=O)CC(Nc2cc(F)c(Cl)cc2N)C1=O. The molecule has 1 unspecified atom stereocenters. The highest BCUT2D eigenvalue weighted by molar-refractivity contribution is 6.31. The number of halogens is 2. The van der Waals surface area contributed by atoms with Crippen LogP contribution in [0.25, 0.3) is 0 Å². The Balaban J connectivity index is 2.23. The van der Waals surface area contributed by atoms with E-state index in [1.165, 1.54) is 13.1 Å². The first-order chi connectivity index (χ1) is 8.40. The molecule has 1 aromatic rings. The molecule has 5 nitrogen and oxygen atoms in total.